The van der Waals surface area contributed by atoms with Crippen molar-refractivity contribution in [3.8, 4) is 16.9 Å². The van der Waals surface area contributed by atoms with Crippen molar-refractivity contribution in [1.29, 1.82) is 0 Å². The van der Waals surface area contributed by atoms with E-state index in [2.05, 4.69) is 38.8 Å². The fourth-order valence-corrected chi connectivity index (χ4v) is 9.47. The molecule has 7 rings (SSSR count). The minimum atomic E-state index is -1.02. The highest BCUT2D eigenvalue weighted by Gasteiger charge is 2.45. The molecule has 0 aliphatic carbocycles. The van der Waals surface area contributed by atoms with Gasteiger partial charge in [0.15, 0.2) is 0 Å². The van der Waals surface area contributed by atoms with E-state index in [9.17, 15) is 28.8 Å². The number of H-pyrrole nitrogens is 1. The first-order chi connectivity index (χ1) is 36.9. The molecule has 0 radical (unpaired) electrons. The van der Waals surface area contributed by atoms with Gasteiger partial charge in [-0.2, -0.15) is 0 Å². The van der Waals surface area contributed by atoms with Crippen molar-refractivity contribution in [1.82, 2.24) is 20.5 Å². The van der Waals surface area contributed by atoms with Crippen LogP contribution in [0.5, 0.6) is 5.75 Å². The van der Waals surface area contributed by atoms with E-state index in [1.807, 2.05) is 57.2 Å². The molecule has 410 valence electrons. The molecule has 0 saturated carbocycles. The van der Waals surface area contributed by atoms with E-state index in [0.29, 0.717) is 134 Å². The molecule has 0 spiro atoms. The number of piperidine rings is 1. The zero-order chi connectivity index (χ0) is 53.8. The number of anilines is 2. The number of aromatic amines is 1. The molecule has 0 bridgehead atoms. The maximum atomic E-state index is 13.9. The SMILES string of the molecule is CCN(c1cc(-c2ccc(OCCOCCOCCOCCOCCOCCOCCNc3cccc4c3C(=O)N(C3CCC(=O)NC3=O)C4=O)cc2)cc(C(=O)NCc2c(C)cc(C)[nH]c2=O)c1C)C1CCOCC1. The van der Waals surface area contributed by atoms with E-state index in [1.165, 1.54) is 0 Å². The molecule has 3 aliphatic rings. The van der Waals surface area contributed by atoms with Crippen LogP contribution in [0.2, 0.25) is 0 Å². The highest BCUT2D eigenvalue weighted by molar-refractivity contribution is 6.25. The van der Waals surface area contributed by atoms with Crippen LogP contribution in [0, 0.1) is 20.8 Å². The van der Waals surface area contributed by atoms with Crippen LogP contribution in [-0.2, 0) is 49.3 Å². The number of hydrogen-bond acceptors (Lipinski definition) is 16. The molecule has 2 fully saturated rings. The molecular formula is C56H72N6O14. The lowest BCUT2D eigenvalue weighted by Gasteiger charge is -2.37. The fourth-order valence-electron chi connectivity index (χ4n) is 9.47. The highest BCUT2D eigenvalue weighted by Crippen LogP contribution is 2.35. The molecule has 5 amide bonds. The second-order valence-corrected chi connectivity index (χ2v) is 18.6. The predicted octanol–water partition coefficient (Wildman–Crippen LogP) is 4.89. The van der Waals surface area contributed by atoms with Gasteiger partial charge in [-0.1, -0.05) is 18.2 Å². The van der Waals surface area contributed by atoms with E-state index in [0.717, 1.165) is 57.9 Å². The summed E-state index contributed by atoms with van der Waals surface area (Å²) in [5.74, 6) is -1.74. The van der Waals surface area contributed by atoms with Crippen LogP contribution in [0.4, 0.5) is 11.4 Å². The second-order valence-electron chi connectivity index (χ2n) is 18.6. The lowest BCUT2D eigenvalue weighted by molar-refractivity contribution is -0.136. The average Bonchev–Trinajstić information content (AvgIpc) is 3.69. The summed E-state index contributed by atoms with van der Waals surface area (Å²) in [4.78, 5) is 83.0. The Morgan fingerprint density at radius 1 is 0.724 bits per heavy atom. The number of aromatic nitrogens is 1. The van der Waals surface area contributed by atoms with E-state index in [-0.39, 0.29) is 42.0 Å². The summed E-state index contributed by atoms with van der Waals surface area (Å²) in [7, 11) is 0. The Balaban J connectivity index is 0.707. The van der Waals surface area contributed by atoms with Gasteiger partial charge in [0.1, 0.15) is 18.4 Å². The van der Waals surface area contributed by atoms with Gasteiger partial charge in [-0.3, -0.25) is 39.0 Å². The molecule has 20 nitrogen and oxygen atoms in total. The Bertz CT molecular complexity index is 2670. The van der Waals surface area contributed by atoms with Crippen molar-refractivity contribution in [2.24, 2.45) is 0 Å². The van der Waals surface area contributed by atoms with Crippen molar-refractivity contribution in [2.75, 3.05) is 122 Å². The number of aryl methyl sites for hydroxylation is 2. The molecule has 4 aromatic rings. The number of pyridine rings is 1. The van der Waals surface area contributed by atoms with Crippen LogP contribution in [0.15, 0.2) is 65.5 Å². The largest absolute Gasteiger partial charge is 0.491 e. The molecule has 4 N–H and O–H groups in total. The number of carbonyl (C=O) groups excluding carboxylic acids is 5. The Hall–Kier alpha value is -6.52. The number of carbonyl (C=O) groups is 5. The smallest absolute Gasteiger partial charge is 0.264 e. The molecule has 2 saturated heterocycles. The van der Waals surface area contributed by atoms with Crippen LogP contribution in [0.1, 0.15) is 86.1 Å². The first kappa shape index (κ1) is 57.2. The molecule has 20 heteroatoms. The third-order valence-electron chi connectivity index (χ3n) is 13.4. The molecule has 1 unspecified atom stereocenters. The zero-order valence-corrected chi connectivity index (χ0v) is 44.1. The van der Waals surface area contributed by atoms with Crippen molar-refractivity contribution >= 4 is 40.9 Å². The van der Waals surface area contributed by atoms with Crippen molar-refractivity contribution in [2.45, 2.75) is 72.0 Å². The van der Waals surface area contributed by atoms with Gasteiger partial charge >= 0.3 is 0 Å². The number of amides is 5. The Morgan fingerprint density at radius 2 is 1.34 bits per heavy atom. The van der Waals surface area contributed by atoms with Gasteiger partial charge in [0.05, 0.1) is 90.4 Å². The number of imide groups is 2. The monoisotopic (exact) mass is 1050 g/mol. The summed E-state index contributed by atoms with van der Waals surface area (Å²) in [6, 6.07) is 18.0. The lowest BCUT2D eigenvalue weighted by atomic mass is 9.95. The summed E-state index contributed by atoms with van der Waals surface area (Å²) in [5, 5.41) is 8.36. The molecule has 4 heterocycles. The standard InChI is InChI=1S/C56H72N6O14/c1-5-61(42-15-18-69-19-16-42)49-35-41(34-45(39(49)4)52(64)58-36-46-37(2)33-38(3)59-53(46)65)40-9-11-43(12-10-40)76-32-31-75-30-29-74-28-27-73-26-25-72-24-23-71-22-21-70-20-17-57-47-8-6-7-44-51(47)56(68)62(55(44)67)48-13-14-50(63)60-54(48)66/h6-12,33-35,42,48,57H,5,13-32,36H2,1-4H3,(H,58,64)(H,59,65)(H,60,63,66). The number of rotatable bonds is 31. The van der Waals surface area contributed by atoms with Gasteiger partial charge in [0.25, 0.3) is 23.3 Å². The van der Waals surface area contributed by atoms with Crippen LogP contribution in [-0.4, -0.2) is 164 Å². The van der Waals surface area contributed by atoms with Gasteiger partial charge in [-0.25, -0.2) is 0 Å². The van der Waals surface area contributed by atoms with E-state index < -0.39 is 29.7 Å². The molecule has 1 atom stereocenters. The van der Waals surface area contributed by atoms with E-state index in [1.54, 1.807) is 18.2 Å². The van der Waals surface area contributed by atoms with Crippen LogP contribution >= 0.6 is 0 Å². The van der Waals surface area contributed by atoms with Gasteiger partial charge < -0.3 is 58.4 Å². The van der Waals surface area contributed by atoms with Crippen molar-refractivity contribution in [3.05, 3.63) is 110 Å². The molecular weight excluding hydrogens is 981 g/mol. The first-order valence-corrected chi connectivity index (χ1v) is 26.2. The van der Waals surface area contributed by atoms with Gasteiger partial charge in [0.2, 0.25) is 11.8 Å². The third kappa shape index (κ3) is 15.6. The summed E-state index contributed by atoms with van der Waals surface area (Å²) < 4.78 is 45.3. The Morgan fingerprint density at radius 3 is 1.95 bits per heavy atom. The van der Waals surface area contributed by atoms with E-state index in [4.69, 9.17) is 37.9 Å². The van der Waals surface area contributed by atoms with Gasteiger partial charge in [-0.05, 0) is 112 Å². The number of nitrogens with zero attached hydrogens (tertiary/aromatic N) is 2. The normalized spacial score (nSPS) is 15.7. The Labute approximate surface area is 443 Å². The molecule has 3 aromatic carbocycles. The second kappa shape index (κ2) is 29.1. The minimum absolute atomic E-state index is 0.0569. The summed E-state index contributed by atoms with van der Waals surface area (Å²) in [5.41, 5.74) is 7.12. The number of fused-ring (bicyclic) bond motifs is 1. The molecule has 1 aromatic heterocycles. The van der Waals surface area contributed by atoms with Crippen LogP contribution in [0.25, 0.3) is 11.1 Å². The van der Waals surface area contributed by atoms with Crippen LogP contribution in [0.3, 0.4) is 0 Å². The summed E-state index contributed by atoms with van der Waals surface area (Å²) in [6.07, 6.45) is 1.97. The summed E-state index contributed by atoms with van der Waals surface area (Å²) >= 11 is 0. The van der Waals surface area contributed by atoms with Gasteiger partial charge in [0, 0.05) is 73.5 Å². The van der Waals surface area contributed by atoms with Crippen molar-refractivity contribution < 1.29 is 61.9 Å². The average molecular weight is 1050 g/mol. The predicted molar refractivity (Wildman–Crippen MR) is 283 cm³/mol. The minimum Gasteiger partial charge on any atom is -0.491 e. The van der Waals surface area contributed by atoms with E-state index >= 15 is 0 Å². The van der Waals surface area contributed by atoms with Crippen molar-refractivity contribution in [3.63, 3.8) is 0 Å². The number of benzene rings is 3. The third-order valence-corrected chi connectivity index (χ3v) is 13.4. The number of nitrogens with one attached hydrogen (secondary N) is 4. The van der Waals surface area contributed by atoms with Crippen LogP contribution < -0.4 is 31.1 Å². The summed E-state index contributed by atoms with van der Waals surface area (Å²) in [6.45, 7) is 15.7. The molecule has 76 heavy (non-hydrogen) atoms. The fraction of sp³-hybridized carbons (Fsp3) is 0.500. The first-order valence-electron chi connectivity index (χ1n) is 26.2. The zero-order valence-electron chi connectivity index (χ0n) is 44.1. The number of ether oxygens (including phenoxy) is 8. The number of hydrogen-bond donors (Lipinski definition) is 4. The maximum Gasteiger partial charge on any atom is 0.264 e. The maximum absolute atomic E-state index is 13.9. The highest BCUT2D eigenvalue weighted by atomic mass is 16.6. The molecule has 3 aliphatic heterocycles. The topological polar surface area (TPSA) is 235 Å². The Kier molecular flexibility index (Phi) is 21.9. The quantitative estimate of drug-likeness (QED) is 0.0388. The lowest BCUT2D eigenvalue weighted by Crippen LogP contribution is -2.54. The van der Waals surface area contributed by atoms with Gasteiger partial charge in [-0.15, -0.1) is 0 Å².